The maximum atomic E-state index is 12.2. The van der Waals surface area contributed by atoms with Crippen LogP contribution in [0.4, 0.5) is 5.69 Å². The monoisotopic (exact) mass is 330 g/mol. The Hall–Kier alpha value is -1.76. The van der Waals surface area contributed by atoms with Crippen LogP contribution in [0.15, 0.2) is 41.9 Å². The Bertz CT molecular complexity index is 602. The van der Waals surface area contributed by atoms with Crippen LogP contribution in [-0.2, 0) is 11.3 Å². The lowest BCUT2D eigenvalue weighted by molar-refractivity contribution is -0.117. The van der Waals surface area contributed by atoms with Crippen molar-refractivity contribution in [2.45, 2.75) is 13.0 Å². The van der Waals surface area contributed by atoms with Crippen molar-refractivity contribution < 1.29 is 4.79 Å². The number of nitrogens with zero attached hydrogens (tertiary/aromatic N) is 3. The van der Waals surface area contributed by atoms with Crippen LogP contribution in [0.1, 0.15) is 11.4 Å². The van der Waals surface area contributed by atoms with Gasteiger partial charge in [0.2, 0.25) is 5.91 Å². The lowest BCUT2D eigenvalue weighted by Gasteiger charge is -2.20. The van der Waals surface area contributed by atoms with Gasteiger partial charge in [-0.3, -0.25) is 14.6 Å². The van der Waals surface area contributed by atoms with Crippen molar-refractivity contribution in [3.63, 3.8) is 0 Å². The number of nitrogens with one attached hydrogen (secondary N) is 1. The molecule has 0 atom stereocenters. The number of benzene rings is 1. The summed E-state index contributed by atoms with van der Waals surface area (Å²) in [7, 11) is 0. The number of rotatable bonds is 5. The molecular formula is C17H22N4OS. The Morgan fingerprint density at radius 2 is 1.91 bits per heavy atom. The molecule has 0 aliphatic carbocycles. The summed E-state index contributed by atoms with van der Waals surface area (Å²) < 4.78 is 0. The van der Waals surface area contributed by atoms with Gasteiger partial charge in [0.15, 0.2) is 0 Å². The second-order valence-corrected chi connectivity index (χ2v) is 6.73. The van der Waals surface area contributed by atoms with Gasteiger partial charge in [0.25, 0.3) is 0 Å². The molecule has 0 unspecified atom stereocenters. The second kappa shape index (κ2) is 8.19. The molecule has 1 amide bonds. The highest BCUT2D eigenvalue weighted by Gasteiger charge is 2.17. The summed E-state index contributed by atoms with van der Waals surface area (Å²) >= 11 is 1.71. The molecule has 23 heavy (non-hydrogen) atoms. The van der Waals surface area contributed by atoms with Gasteiger partial charge in [-0.1, -0.05) is 18.2 Å². The van der Waals surface area contributed by atoms with Crippen molar-refractivity contribution in [1.29, 1.82) is 0 Å². The van der Waals surface area contributed by atoms with Gasteiger partial charge >= 0.3 is 0 Å². The third kappa shape index (κ3) is 5.13. The molecule has 1 aromatic heterocycles. The van der Waals surface area contributed by atoms with E-state index in [4.69, 9.17) is 0 Å². The second-order valence-electron chi connectivity index (χ2n) is 5.75. The molecule has 1 fully saturated rings. The van der Waals surface area contributed by atoms with E-state index in [2.05, 4.69) is 20.1 Å². The van der Waals surface area contributed by atoms with Gasteiger partial charge in [0.1, 0.15) is 5.01 Å². The third-order valence-electron chi connectivity index (χ3n) is 3.95. The number of hydrogen-bond acceptors (Lipinski definition) is 5. The largest absolute Gasteiger partial charge is 0.325 e. The van der Waals surface area contributed by atoms with Crippen molar-refractivity contribution in [3.8, 4) is 0 Å². The predicted molar refractivity (Wildman–Crippen MR) is 93.5 cm³/mol. The molecule has 6 heteroatoms. The first kappa shape index (κ1) is 16.1. The number of hydrogen-bond donors (Lipinski definition) is 1. The number of carbonyl (C=O) groups is 1. The van der Waals surface area contributed by atoms with Crippen LogP contribution in [-0.4, -0.2) is 53.4 Å². The fraction of sp³-hybridized carbons (Fsp3) is 0.412. The minimum absolute atomic E-state index is 0.0598. The van der Waals surface area contributed by atoms with Crippen molar-refractivity contribution in [2.75, 3.05) is 38.0 Å². The Morgan fingerprint density at radius 1 is 1.13 bits per heavy atom. The maximum absolute atomic E-state index is 12.2. The molecular weight excluding hydrogens is 308 g/mol. The molecule has 0 radical (unpaired) electrons. The van der Waals surface area contributed by atoms with Crippen LogP contribution >= 0.6 is 11.3 Å². The van der Waals surface area contributed by atoms with Crippen LogP contribution in [0, 0.1) is 0 Å². The van der Waals surface area contributed by atoms with Gasteiger partial charge in [0, 0.05) is 30.4 Å². The van der Waals surface area contributed by atoms with E-state index in [0.717, 1.165) is 44.8 Å². The van der Waals surface area contributed by atoms with Gasteiger partial charge in [-0.15, -0.1) is 11.3 Å². The SMILES string of the molecule is O=C(CN1CCCN(Cc2nccs2)CC1)Nc1ccccc1. The predicted octanol–water partition coefficient (Wildman–Crippen LogP) is 2.29. The molecule has 1 aliphatic rings. The molecule has 3 rings (SSSR count). The number of thiazole rings is 1. The Morgan fingerprint density at radius 3 is 2.70 bits per heavy atom. The Kier molecular flexibility index (Phi) is 5.74. The molecule has 0 bridgehead atoms. The van der Waals surface area contributed by atoms with E-state index >= 15 is 0 Å². The van der Waals surface area contributed by atoms with Gasteiger partial charge in [-0.2, -0.15) is 0 Å². The van der Waals surface area contributed by atoms with Crippen LogP contribution in [0.25, 0.3) is 0 Å². The summed E-state index contributed by atoms with van der Waals surface area (Å²) in [6.45, 7) is 5.32. The summed E-state index contributed by atoms with van der Waals surface area (Å²) in [5, 5.41) is 6.14. The molecule has 0 spiro atoms. The molecule has 1 N–H and O–H groups in total. The zero-order valence-corrected chi connectivity index (χ0v) is 14.0. The number of amides is 1. The van der Waals surface area contributed by atoms with Gasteiger partial charge in [-0.25, -0.2) is 4.98 Å². The highest BCUT2D eigenvalue weighted by Crippen LogP contribution is 2.11. The van der Waals surface area contributed by atoms with Crippen LogP contribution in [0.2, 0.25) is 0 Å². The smallest absolute Gasteiger partial charge is 0.238 e. The highest BCUT2D eigenvalue weighted by molar-refractivity contribution is 7.09. The van der Waals surface area contributed by atoms with Crippen molar-refractivity contribution in [2.24, 2.45) is 0 Å². The van der Waals surface area contributed by atoms with E-state index in [-0.39, 0.29) is 5.91 Å². The minimum Gasteiger partial charge on any atom is -0.325 e. The minimum atomic E-state index is 0.0598. The summed E-state index contributed by atoms with van der Waals surface area (Å²) in [6, 6.07) is 9.63. The summed E-state index contributed by atoms with van der Waals surface area (Å²) in [4.78, 5) is 21.2. The van der Waals surface area contributed by atoms with Crippen LogP contribution in [0.3, 0.4) is 0 Å². The molecule has 122 valence electrons. The third-order valence-corrected chi connectivity index (χ3v) is 4.71. The number of carbonyl (C=O) groups excluding carboxylic acids is 1. The lowest BCUT2D eigenvalue weighted by atomic mass is 10.3. The molecule has 2 aromatic rings. The number of anilines is 1. The van der Waals surface area contributed by atoms with Crippen LogP contribution < -0.4 is 5.32 Å². The molecule has 5 nitrogen and oxygen atoms in total. The number of para-hydroxylation sites is 1. The number of aromatic nitrogens is 1. The summed E-state index contributed by atoms with van der Waals surface area (Å²) in [5.41, 5.74) is 0.859. The first-order valence-corrected chi connectivity index (χ1v) is 8.85. The molecule has 1 saturated heterocycles. The van der Waals surface area contributed by atoms with E-state index in [9.17, 15) is 4.79 Å². The Labute approximate surface area is 140 Å². The van der Waals surface area contributed by atoms with Crippen LogP contribution in [0.5, 0.6) is 0 Å². The van der Waals surface area contributed by atoms with Gasteiger partial charge < -0.3 is 5.32 Å². The molecule has 0 saturated carbocycles. The molecule has 1 aliphatic heterocycles. The highest BCUT2D eigenvalue weighted by atomic mass is 32.1. The van der Waals surface area contributed by atoms with E-state index in [0.29, 0.717) is 6.54 Å². The van der Waals surface area contributed by atoms with Gasteiger partial charge in [-0.05, 0) is 31.6 Å². The quantitative estimate of drug-likeness (QED) is 0.914. The maximum Gasteiger partial charge on any atom is 0.238 e. The van der Waals surface area contributed by atoms with E-state index in [1.54, 1.807) is 11.3 Å². The van der Waals surface area contributed by atoms with E-state index in [1.807, 2.05) is 41.9 Å². The molecule has 2 heterocycles. The zero-order chi connectivity index (χ0) is 15.9. The van der Waals surface area contributed by atoms with Gasteiger partial charge in [0.05, 0.1) is 13.1 Å². The fourth-order valence-corrected chi connectivity index (χ4v) is 3.45. The molecule has 1 aromatic carbocycles. The normalized spacial score (nSPS) is 16.9. The average Bonchev–Trinajstić information content (AvgIpc) is 2.96. The topological polar surface area (TPSA) is 48.5 Å². The van der Waals surface area contributed by atoms with E-state index in [1.165, 1.54) is 5.01 Å². The standard InChI is InChI=1S/C17H22N4OS/c22-16(19-15-5-2-1-3-6-15)13-20-8-4-9-21(11-10-20)14-17-18-7-12-23-17/h1-3,5-7,12H,4,8-11,13-14H2,(H,19,22). The van der Waals surface area contributed by atoms with Crippen molar-refractivity contribution in [3.05, 3.63) is 46.9 Å². The summed E-state index contributed by atoms with van der Waals surface area (Å²) in [5.74, 6) is 0.0598. The lowest BCUT2D eigenvalue weighted by Crippen LogP contribution is -2.36. The zero-order valence-electron chi connectivity index (χ0n) is 13.1. The fourth-order valence-electron chi connectivity index (χ4n) is 2.79. The Balaban J connectivity index is 1.45. The first-order chi connectivity index (χ1) is 11.3. The first-order valence-electron chi connectivity index (χ1n) is 7.97. The average molecular weight is 330 g/mol. The van der Waals surface area contributed by atoms with Crippen molar-refractivity contribution >= 4 is 22.9 Å². The van der Waals surface area contributed by atoms with Crippen molar-refractivity contribution in [1.82, 2.24) is 14.8 Å². The summed E-state index contributed by atoms with van der Waals surface area (Å²) in [6.07, 6.45) is 2.95. The van der Waals surface area contributed by atoms with E-state index < -0.39 is 0 Å².